The van der Waals surface area contributed by atoms with Crippen LogP contribution in [0.2, 0.25) is 0 Å². The summed E-state index contributed by atoms with van der Waals surface area (Å²) in [6.45, 7) is 1.71. The molecule has 0 amide bonds. The quantitative estimate of drug-likeness (QED) is 0.507. The van der Waals surface area contributed by atoms with Crippen molar-refractivity contribution >= 4 is 0 Å². The second kappa shape index (κ2) is 8.41. The smallest absolute Gasteiger partial charge is 0.0682 e. The zero-order valence-electron chi connectivity index (χ0n) is 8.98. The predicted molar refractivity (Wildman–Crippen MR) is 60.2 cm³/mol. The maximum Gasteiger partial charge on any atom is 0.0682 e. The van der Waals surface area contributed by atoms with Gasteiger partial charge >= 0.3 is 0 Å². The minimum Gasteiger partial charge on any atom is -0.396 e. The molecular formula is C12H19NO2. The van der Waals surface area contributed by atoms with Gasteiger partial charge in [0.05, 0.1) is 6.61 Å². The maximum absolute atomic E-state index is 8.56. The fourth-order valence-corrected chi connectivity index (χ4v) is 1.27. The largest absolute Gasteiger partial charge is 0.396 e. The van der Waals surface area contributed by atoms with Crippen LogP contribution in [0.1, 0.15) is 24.8 Å². The van der Waals surface area contributed by atoms with Crippen LogP contribution in [0.4, 0.5) is 0 Å². The van der Waals surface area contributed by atoms with E-state index < -0.39 is 0 Å². The van der Waals surface area contributed by atoms with Gasteiger partial charge in [0.2, 0.25) is 0 Å². The van der Waals surface area contributed by atoms with Crippen molar-refractivity contribution in [2.24, 2.45) is 0 Å². The molecule has 1 aromatic carbocycles. The van der Waals surface area contributed by atoms with E-state index in [1.54, 1.807) is 0 Å². The molecule has 0 radical (unpaired) electrons. The van der Waals surface area contributed by atoms with Crippen LogP contribution in [0, 0.1) is 0 Å². The Bertz CT molecular complexity index is 239. The Kier molecular flexibility index (Phi) is 6.83. The highest BCUT2D eigenvalue weighted by atomic mass is 16.6. The molecule has 1 rings (SSSR count). The number of benzene rings is 1. The van der Waals surface area contributed by atoms with Gasteiger partial charge in [0, 0.05) is 13.2 Å². The molecule has 15 heavy (non-hydrogen) atoms. The first-order valence-corrected chi connectivity index (χ1v) is 5.43. The van der Waals surface area contributed by atoms with Gasteiger partial charge in [0.1, 0.15) is 0 Å². The van der Waals surface area contributed by atoms with Gasteiger partial charge < -0.3 is 9.94 Å². The minimum absolute atomic E-state index is 0.275. The molecule has 0 heterocycles. The number of aliphatic hydroxyl groups is 1. The molecule has 3 nitrogen and oxygen atoms in total. The summed E-state index contributed by atoms with van der Waals surface area (Å²) in [5.41, 5.74) is 4.13. The van der Waals surface area contributed by atoms with Gasteiger partial charge in [-0.15, -0.1) is 0 Å². The fourth-order valence-electron chi connectivity index (χ4n) is 1.27. The topological polar surface area (TPSA) is 41.5 Å². The van der Waals surface area contributed by atoms with Gasteiger partial charge in [-0.2, -0.15) is 5.48 Å². The van der Waals surface area contributed by atoms with E-state index in [0.29, 0.717) is 6.61 Å². The number of hydrogen-bond acceptors (Lipinski definition) is 3. The van der Waals surface area contributed by atoms with Crippen LogP contribution in [0.25, 0.3) is 0 Å². The van der Waals surface area contributed by atoms with Crippen molar-refractivity contribution in [3.05, 3.63) is 35.9 Å². The van der Waals surface area contributed by atoms with E-state index in [9.17, 15) is 0 Å². The molecule has 2 N–H and O–H groups in total. The van der Waals surface area contributed by atoms with Crippen molar-refractivity contribution in [1.82, 2.24) is 5.48 Å². The summed E-state index contributed by atoms with van der Waals surface area (Å²) < 4.78 is 0. The molecular weight excluding hydrogens is 190 g/mol. The Morgan fingerprint density at radius 1 is 1.07 bits per heavy atom. The molecule has 0 unspecified atom stereocenters. The molecule has 0 aliphatic carbocycles. The molecule has 0 bridgehead atoms. The van der Waals surface area contributed by atoms with Crippen LogP contribution < -0.4 is 5.48 Å². The molecule has 1 aromatic rings. The van der Waals surface area contributed by atoms with Crippen molar-refractivity contribution in [3.63, 3.8) is 0 Å². The lowest BCUT2D eigenvalue weighted by molar-refractivity contribution is 0.0336. The highest BCUT2D eigenvalue weighted by Gasteiger charge is 1.91. The summed E-state index contributed by atoms with van der Waals surface area (Å²) in [6, 6.07) is 10.1. The SMILES string of the molecule is OCCCCCONCc1ccccc1. The van der Waals surface area contributed by atoms with Crippen molar-refractivity contribution in [1.29, 1.82) is 0 Å². The molecule has 0 saturated carbocycles. The van der Waals surface area contributed by atoms with Crippen LogP contribution >= 0.6 is 0 Å². The van der Waals surface area contributed by atoms with Crippen molar-refractivity contribution in [3.8, 4) is 0 Å². The third-order valence-electron chi connectivity index (χ3n) is 2.13. The van der Waals surface area contributed by atoms with Crippen LogP contribution in [-0.2, 0) is 11.4 Å². The molecule has 0 aliphatic rings. The Morgan fingerprint density at radius 3 is 2.60 bits per heavy atom. The van der Waals surface area contributed by atoms with Gasteiger partial charge in [-0.05, 0) is 24.8 Å². The highest BCUT2D eigenvalue weighted by molar-refractivity contribution is 5.13. The van der Waals surface area contributed by atoms with Crippen LogP contribution in [-0.4, -0.2) is 18.3 Å². The Balaban J connectivity index is 1.93. The van der Waals surface area contributed by atoms with Crippen LogP contribution in [0.3, 0.4) is 0 Å². The van der Waals surface area contributed by atoms with Crippen molar-refractivity contribution in [2.75, 3.05) is 13.2 Å². The van der Waals surface area contributed by atoms with Crippen LogP contribution in [0.15, 0.2) is 30.3 Å². The number of unbranched alkanes of at least 4 members (excludes halogenated alkanes) is 2. The molecule has 0 atom stereocenters. The second-order valence-corrected chi connectivity index (χ2v) is 3.44. The van der Waals surface area contributed by atoms with Gasteiger partial charge in [-0.3, -0.25) is 0 Å². The van der Waals surface area contributed by atoms with Crippen molar-refractivity contribution < 1.29 is 9.94 Å². The lowest BCUT2D eigenvalue weighted by Gasteiger charge is -2.05. The zero-order valence-corrected chi connectivity index (χ0v) is 8.98. The number of aliphatic hydroxyl groups excluding tert-OH is 1. The zero-order chi connectivity index (χ0) is 10.8. The van der Waals surface area contributed by atoms with E-state index in [1.807, 2.05) is 18.2 Å². The summed E-state index contributed by atoms with van der Waals surface area (Å²) >= 11 is 0. The van der Waals surface area contributed by atoms with E-state index >= 15 is 0 Å². The number of hydrogen-bond donors (Lipinski definition) is 2. The summed E-state index contributed by atoms with van der Waals surface area (Å²) in [4.78, 5) is 5.25. The monoisotopic (exact) mass is 209 g/mol. The Morgan fingerprint density at radius 2 is 1.87 bits per heavy atom. The van der Waals surface area contributed by atoms with E-state index in [2.05, 4.69) is 17.6 Å². The van der Waals surface area contributed by atoms with Gasteiger partial charge in [-0.1, -0.05) is 30.3 Å². The normalized spacial score (nSPS) is 10.5. The summed E-state index contributed by atoms with van der Waals surface area (Å²) in [5, 5.41) is 8.56. The van der Waals surface area contributed by atoms with E-state index in [1.165, 1.54) is 5.56 Å². The average molecular weight is 209 g/mol. The molecule has 84 valence electrons. The lowest BCUT2D eigenvalue weighted by Crippen LogP contribution is -2.14. The fraction of sp³-hybridized carbons (Fsp3) is 0.500. The number of nitrogens with one attached hydrogen (secondary N) is 1. The molecule has 0 aliphatic heterocycles. The Labute approximate surface area is 91.0 Å². The lowest BCUT2D eigenvalue weighted by atomic mass is 10.2. The molecule has 0 aromatic heterocycles. The first-order chi connectivity index (χ1) is 7.43. The summed E-state index contributed by atoms with van der Waals surface area (Å²) in [5.74, 6) is 0. The summed E-state index contributed by atoms with van der Waals surface area (Å²) in [7, 11) is 0. The predicted octanol–water partition coefficient (Wildman–Crippen LogP) is 1.87. The van der Waals surface area contributed by atoms with Gasteiger partial charge in [0.25, 0.3) is 0 Å². The van der Waals surface area contributed by atoms with E-state index in [-0.39, 0.29) is 6.61 Å². The first-order valence-electron chi connectivity index (χ1n) is 5.43. The first kappa shape index (κ1) is 12.2. The van der Waals surface area contributed by atoms with E-state index in [0.717, 1.165) is 25.8 Å². The van der Waals surface area contributed by atoms with Gasteiger partial charge in [0.15, 0.2) is 0 Å². The van der Waals surface area contributed by atoms with Gasteiger partial charge in [-0.25, -0.2) is 0 Å². The number of rotatable bonds is 8. The Hall–Kier alpha value is -0.900. The average Bonchev–Trinajstić information content (AvgIpc) is 2.29. The molecule has 0 spiro atoms. The third-order valence-corrected chi connectivity index (χ3v) is 2.13. The highest BCUT2D eigenvalue weighted by Crippen LogP contribution is 1.98. The minimum atomic E-state index is 0.275. The number of hydroxylamine groups is 1. The standard InChI is InChI=1S/C12H19NO2/c14-9-5-2-6-10-15-13-11-12-7-3-1-4-8-12/h1,3-4,7-8,13-14H,2,5-6,9-11H2. The van der Waals surface area contributed by atoms with E-state index in [4.69, 9.17) is 9.94 Å². The third kappa shape index (κ3) is 6.23. The van der Waals surface area contributed by atoms with Crippen molar-refractivity contribution in [2.45, 2.75) is 25.8 Å². The molecule has 0 fully saturated rings. The molecule has 3 heteroatoms. The second-order valence-electron chi connectivity index (χ2n) is 3.44. The summed E-state index contributed by atoms with van der Waals surface area (Å²) in [6.07, 6.45) is 2.87. The maximum atomic E-state index is 8.56. The van der Waals surface area contributed by atoms with Crippen LogP contribution in [0.5, 0.6) is 0 Å². The molecule has 0 saturated heterocycles.